The predicted octanol–water partition coefficient (Wildman–Crippen LogP) is 5.12. The summed E-state index contributed by atoms with van der Waals surface area (Å²) in [6, 6.07) is 18.1. The highest BCUT2D eigenvalue weighted by molar-refractivity contribution is 6.04. The Balaban J connectivity index is 1.61. The number of ether oxygens (including phenoxy) is 1. The van der Waals surface area contributed by atoms with Gasteiger partial charge >= 0.3 is 0 Å². The number of rotatable bonds is 5. The zero-order valence-corrected chi connectivity index (χ0v) is 17.2. The van der Waals surface area contributed by atoms with Crippen molar-refractivity contribution in [2.24, 2.45) is 5.16 Å². The molecule has 5 rings (SSSR count). The monoisotopic (exact) mass is 410 g/mol. The highest BCUT2D eigenvalue weighted by atomic mass is 16.5. The van der Waals surface area contributed by atoms with Crippen LogP contribution in [-0.2, 0) is 6.42 Å². The first-order chi connectivity index (χ1) is 15.3. The van der Waals surface area contributed by atoms with Crippen molar-refractivity contribution in [3.63, 3.8) is 0 Å². The summed E-state index contributed by atoms with van der Waals surface area (Å²) < 4.78 is 7.46. The van der Waals surface area contributed by atoms with E-state index >= 15 is 0 Å². The van der Waals surface area contributed by atoms with Crippen LogP contribution >= 0.6 is 0 Å². The molecule has 0 saturated carbocycles. The Morgan fingerprint density at radius 3 is 2.52 bits per heavy atom. The van der Waals surface area contributed by atoms with Crippen molar-refractivity contribution < 1.29 is 9.94 Å². The van der Waals surface area contributed by atoms with E-state index in [-0.39, 0.29) is 0 Å². The average Bonchev–Trinajstić information content (AvgIpc) is 3.44. The normalized spacial score (nSPS) is 14.0. The molecule has 1 aliphatic carbocycles. The van der Waals surface area contributed by atoms with Crippen LogP contribution in [0.2, 0.25) is 0 Å². The molecule has 2 aromatic heterocycles. The summed E-state index contributed by atoms with van der Waals surface area (Å²) in [7, 11) is 0. The summed E-state index contributed by atoms with van der Waals surface area (Å²) in [5.41, 5.74) is 7.95. The van der Waals surface area contributed by atoms with E-state index < -0.39 is 0 Å². The van der Waals surface area contributed by atoms with Crippen molar-refractivity contribution in [1.29, 1.82) is 0 Å². The Kier molecular flexibility index (Phi) is 4.96. The lowest BCUT2D eigenvalue weighted by molar-refractivity contribution is 0.318. The van der Waals surface area contributed by atoms with Gasteiger partial charge in [-0.05, 0) is 67.3 Å². The maximum absolute atomic E-state index is 9.23. The molecule has 0 amide bonds. The molecule has 4 aromatic rings. The molecule has 2 aromatic carbocycles. The SMILES string of the molecule is CCOc1ccc(-n2cc(-c3ccc4c(c3)CCC4=NO)c(-c3ccncc3)n2)cc1. The molecule has 1 N–H and O–H groups in total. The third-order valence-electron chi connectivity index (χ3n) is 5.56. The molecule has 154 valence electrons. The maximum Gasteiger partial charge on any atom is 0.119 e. The third kappa shape index (κ3) is 3.57. The Labute approximate surface area is 180 Å². The first-order valence-electron chi connectivity index (χ1n) is 10.3. The van der Waals surface area contributed by atoms with Gasteiger partial charge in [0.25, 0.3) is 0 Å². The Morgan fingerprint density at radius 1 is 0.968 bits per heavy atom. The minimum Gasteiger partial charge on any atom is -0.494 e. The fourth-order valence-electron chi connectivity index (χ4n) is 4.04. The fourth-order valence-corrected chi connectivity index (χ4v) is 4.04. The van der Waals surface area contributed by atoms with Gasteiger partial charge in [0.15, 0.2) is 0 Å². The predicted molar refractivity (Wildman–Crippen MR) is 120 cm³/mol. The number of aryl methyl sites for hydroxylation is 1. The number of aromatic nitrogens is 3. The molecule has 6 heteroatoms. The molecule has 0 unspecified atom stereocenters. The standard InChI is InChI=1S/C25H22N4O2/c1-2-31-21-7-5-20(6-8-21)29-16-23(25(27-29)17-11-13-26-14-12-17)19-3-9-22-18(15-19)4-10-24(22)28-30/h3,5-9,11-16,30H,2,4,10H2,1H3. The molecule has 6 nitrogen and oxygen atoms in total. The number of hydrogen-bond donors (Lipinski definition) is 1. The van der Waals surface area contributed by atoms with E-state index in [2.05, 4.69) is 28.5 Å². The zero-order chi connectivity index (χ0) is 21.2. The highest BCUT2D eigenvalue weighted by Crippen LogP contribution is 2.35. The smallest absolute Gasteiger partial charge is 0.119 e. The second-order valence-electron chi connectivity index (χ2n) is 7.42. The van der Waals surface area contributed by atoms with E-state index in [0.29, 0.717) is 6.61 Å². The van der Waals surface area contributed by atoms with Crippen molar-refractivity contribution in [3.8, 4) is 33.8 Å². The minimum atomic E-state index is 0.637. The molecule has 31 heavy (non-hydrogen) atoms. The second kappa shape index (κ2) is 8.07. The summed E-state index contributed by atoms with van der Waals surface area (Å²) in [6.07, 6.45) is 7.25. The van der Waals surface area contributed by atoms with Crippen LogP contribution in [0.5, 0.6) is 5.75 Å². The van der Waals surface area contributed by atoms with Gasteiger partial charge in [-0.15, -0.1) is 0 Å². The minimum absolute atomic E-state index is 0.637. The summed E-state index contributed by atoms with van der Waals surface area (Å²) in [6.45, 7) is 2.61. The lowest BCUT2D eigenvalue weighted by Crippen LogP contribution is -1.96. The number of nitrogens with zero attached hydrogens (tertiary/aromatic N) is 4. The van der Waals surface area contributed by atoms with E-state index in [0.717, 1.165) is 57.9 Å². The van der Waals surface area contributed by atoms with Gasteiger partial charge in [-0.1, -0.05) is 23.4 Å². The van der Waals surface area contributed by atoms with Crippen LogP contribution in [0.3, 0.4) is 0 Å². The van der Waals surface area contributed by atoms with Gasteiger partial charge in [0.2, 0.25) is 0 Å². The summed E-state index contributed by atoms with van der Waals surface area (Å²) >= 11 is 0. The van der Waals surface area contributed by atoms with Gasteiger partial charge in [-0.3, -0.25) is 4.98 Å². The van der Waals surface area contributed by atoms with Crippen molar-refractivity contribution in [2.45, 2.75) is 19.8 Å². The van der Waals surface area contributed by atoms with E-state index in [1.54, 1.807) is 12.4 Å². The Morgan fingerprint density at radius 2 is 1.77 bits per heavy atom. The number of hydrogen-bond acceptors (Lipinski definition) is 5. The van der Waals surface area contributed by atoms with Crippen LogP contribution in [0.1, 0.15) is 24.5 Å². The molecule has 0 radical (unpaired) electrons. The molecule has 0 spiro atoms. The molecule has 0 aliphatic heterocycles. The molecule has 0 bridgehead atoms. The van der Waals surface area contributed by atoms with Crippen LogP contribution in [0, 0.1) is 0 Å². The van der Waals surface area contributed by atoms with Crippen LogP contribution in [0.25, 0.3) is 28.1 Å². The molecule has 0 atom stereocenters. The van der Waals surface area contributed by atoms with Crippen molar-refractivity contribution in [3.05, 3.63) is 84.3 Å². The average molecular weight is 410 g/mol. The van der Waals surface area contributed by atoms with Gasteiger partial charge in [0, 0.05) is 35.3 Å². The van der Waals surface area contributed by atoms with Crippen LogP contribution in [0.4, 0.5) is 0 Å². The van der Waals surface area contributed by atoms with E-state index in [1.165, 1.54) is 5.56 Å². The molecule has 1 aliphatic rings. The van der Waals surface area contributed by atoms with E-state index in [9.17, 15) is 5.21 Å². The largest absolute Gasteiger partial charge is 0.494 e. The van der Waals surface area contributed by atoms with E-state index in [4.69, 9.17) is 9.84 Å². The van der Waals surface area contributed by atoms with Gasteiger partial charge in [0.1, 0.15) is 11.4 Å². The van der Waals surface area contributed by atoms with Crippen molar-refractivity contribution in [1.82, 2.24) is 14.8 Å². The number of benzene rings is 2. The van der Waals surface area contributed by atoms with Crippen molar-refractivity contribution >= 4 is 5.71 Å². The first-order valence-corrected chi connectivity index (χ1v) is 10.3. The van der Waals surface area contributed by atoms with E-state index in [1.807, 2.05) is 54.1 Å². The zero-order valence-electron chi connectivity index (χ0n) is 17.2. The molecule has 0 fully saturated rings. The van der Waals surface area contributed by atoms with Gasteiger partial charge in [-0.25, -0.2) is 4.68 Å². The number of oxime groups is 1. The van der Waals surface area contributed by atoms with Crippen LogP contribution in [0.15, 0.2) is 78.3 Å². The Hall–Kier alpha value is -3.93. The van der Waals surface area contributed by atoms with Gasteiger partial charge in [0.05, 0.1) is 18.0 Å². The quantitative estimate of drug-likeness (QED) is 0.366. The number of pyridine rings is 1. The van der Waals surface area contributed by atoms with Crippen molar-refractivity contribution in [2.75, 3.05) is 6.61 Å². The molecular formula is C25H22N4O2. The second-order valence-corrected chi connectivity index (χ2v) is 7.42. The summed E-state index contributed by atoms with van der Waals surface area (Å²) in [4.78, 5) is 4.15. The highest BCUT2D eigenvalue weighted by Gasteiger charge is 2.21. The van der Waals surface area contributed by atoms with Crippen LogP contribution in [-0.4, -0.2) is 32.3 Å². The van der Waals surface area contributed by atoms with Gasteiger partial charge < -0.3 is 9.94 Å². The molecule has 2 heterocycles. The molecule has 0 saturated heterocycles. The summed E-state index contributed by atoms with van der Waals surface area (Å²) in [5, 5.41) is 17.6. The fraction of sp³-hybridized carbons (Fsp3) is 0.160. The third-order valence-corrected chi connectivity index (χ3v) is 5.56. The topological polar surface area (TPSA) is 72.5 Å². The lowest BCUT2D eigenvalue weighted by Gasteiger charge is -2.06. The molecular weight excluding hydrogens is 388 g/mol. The maximum atomic E-state index is 9.23. The Bertz CT molecular complexity index is 1240. The lowest BCUT2D eigenvalue weighted by atomic mass is 9.98. The number of fused-ring (bicyclic) bond motifs is 1. The van der Waals surface area contributed by atoms with Crippen LogP contribution < -0.4 is 4.74 Å². The van der Waals surface area contributed by atoms with Gasteiger partial charge in [-0.2, -0.15) is 5.10 Å². The first kappa shape index (κ1) is 19.1. The summed E-state index contributed by atoms with van der Waals surface area (Å²) in [5.74, 6) is 0.841.